The van der Waals surface area contributed by atoms with Gasteiger partial charge in [-0.3, -0.25) is 4.90 Å². The van der Waals surface area contributed by atoms with Gasteiger partial charge in [0.05, 0.1) is 0 Å². The van der Waals surface area contributed by atoms with Crippen molar-refractivity contribution < 1.29 is 0 Å². The number of hydrogen-bond acceptors (Lipinski definition) is 2. The summed E-state index contributed by atoms with van der Waals surface area (Å²) in [6.07, 6.45) is 9.78. The number of hydrogen-bond donors (Lipinski definition) is 1. The zero-order valence-corrected chi connectivity index (χ0v) is 12.7. The summed E-state index contributed by atoms with van der Waals surface area (Å²) in [5.41, 5.74) is 0.584. The lowest BCUT2D eigenvalue weighted by molar-refractivity contribution is 0.126. The van der Waals surface area contributed by atoms with Crippen molar-refractivity contribution in [1.29, 1.82) is 0 Å². The Morgan fingerprint density at radius 1 is 1.11 bits per heavy atom. The zero-order chi connectivity index (χ0) is 13.0. The van der Waals surface area contributed by atoms with Crippen molar-refractivity contribution in [3.63, 3.8) is 0 Å². The Kier molecular flexibility index (Phi) is 5.08. The highest BCUT2D eigenvalue weighted by Crippen LogP contribution is 2.36. The molecule has 0 aromatic heterocycles. The Balaban J connectivity index is 1.96. The van der Waals surface area contributed by atoms with Crippen LogP contribution in [0.1, 0.15) is 65.7 Å². The first-order valence-corrected chi connectivity index (χ1v) is 8.09. The summed E-state index contributed by atoms with van der Waals surface area (Å²) in [4.78, 5) is 2.85. The van der Waals surface area contributed by atoms with E-state index in [2.05, 4.69) is 31.0 Å². The highest BCUT2D eigenvalue weighted by Gasteiger charge is 2.31. The van der Waals surface area contributed by atoms with Gasteiger partial charge in [0, 0.05) is 18.6 Å². The number of nitrogens with one attached hydrogen (secondary N) is 1. The Bertz CT molecular complexity index is 243. The van der Waals surface area contributed by atoms with Crippen LogP contribution in [0.5, 0.6) is 0 Å². The van der Waals surface area contributed by atoms with Gasteiger partial charge in [0.1, 0.15) is 0 Å². The van der Waals surface area contributed by atoms with Crippen molar-refractivity contribution in [1.82, 2.24) is 10.2 Å². The molecule has 1 saturated carbocycles. The zero-order valence-electron chi connectivity index (χ0n) is 12.7. The first-order chi connectivity index (χ1) is 8.62. The second kappa shape index (κ2) is 6.38. The molecule has 2 fully saturated rings. The van der Waals surface area contributed by atoms with Crippen molar-refractivity contribution >= 4 is 0 Å². The van der Waals surface area contributed by atoms with Crippen LogP contribution in [-0.4, -0.2) is 36.6 Å². The Hall–Kier alpha value is -0.0800. The van der Waals surface area contributed by atoms with Crippen LogP contribution in [0.3, 0.4) is 0 Å². The Labute approximate surface area is 114 Å². The molecule has 0 radical (unpaired) electrons. The Morgan fingerprint density at radius 3 is 2.61 bits per heavy atom. The van der Waals surface area contributed by atoms with Crippen LogP contribution < -0.4 is 5.32 Å². The quantitative estimate of drug-likeness (QED) is 0.771. The van der Waals surface area contributed by atoms with Crippen molar-refractivity contribution in [2.24, 2.45) is 5.41 Å². The molecule has 1 saturated heterocycles. The van der Waals surface area contributed by atoms with E-state index < -0.39 is 0 Å². The third-order valence-electron chi connectivity index (χ3n) is 5.00. The molecule has 0 amide bonds. The highest BCUT2D eigenvalue weighted by atomic mass is 15.2. The predicted octanol–water partition coefficient (Wildman–Crippen LogP) is 3.42. The summed E-state index contributed by atoms with van der Waals surface area (Å²) in [5, 5.41) is 3.54. The monoisotopic (exact) mass is 252 g/mol. The van der Waals surface area contributed by atoms with Gasteiger partial charge < -0.3 is 5.32 Å². The molecule has 0 aromatic carbocycles. The molecule has 2 heteroatoms. The largest absolute Gasteiger partial charge is 0.315 e. The smallest absolute Gasteiger partial charge is 0.0235 e. The summed E-state index contributed by atoms with van der Waals surface area (Å²) in [7, 11) is 0. The third-order valence-corrected chi connectivity index (χ3v) is 5.00. The lowest BCUT2D eigenvalue weighted by Crippen LogP contribution is -2.44. The minimum Gasteiger partial charge on any atom is -0.315 e. The van der Waals surface area contributed by atoms with E-state index in [1.54, 1.807) is 0 Å². The summed E-state index contributed by atoms with van der Waals surface area (Å²) in [5.74, 6) is 0. The van der Waals surface area contributed by atoms with Gasteiger partial charge in [-0.2, -0.15) is 0 Å². The van der Waals surface area contributed by atoms with Crippen LogP contribution in [0, 0.1) is 5.41 Å². The van der Waals surface area contributed by atoms with Crippen molar-refractivity contribution in [2.75, 3.05) is 19.6 Å². The van der Waals surface area contributed by atoms with Crippen molar-refractivity contribution in [3.8, 4) is 0 Å². The fraction of sp³-hybridized carbons (Fsp3) is 1.00. The molecule has 2 unspecified atom stereocenters. The second-order valence-electron chi connectivity index (χ2n) is 7.13. The molecule has 18 heavy (non-hydrogen) atoms. The van der Waals surface area contributed by atoms with E-state index in [1.807, 2.05) is 0 Å². The SMILES string of the molecule is CCCN(C1CCCC(C)(C)CC1)C1CCNC1. The average molecular weight is 252 g/mol. The maximum absolute atomic E-state index is 3.54. The fourth-order valence-electron chi connectivity index (χ4n) is 3.82. The Morgan fingerprint density at radius 2 is 1.94 bits per heavy atom. The van der Waals surface area contributed by atoms with Gasteiger partial charge in [-0.1, -0.05) is 27.2 Å². The van der Waals surface area contributed by atoms with Gasteiger partial charge in [-0.15, -0.1) is 0 Å². The van der Waals surface area contributed by atoms with Crippen molar-refractivity contribution in [2.45, 2.75) is 77.8 Å². The molecule has 1 N–H and O–H groups in total. The molecule has 1 aliphatic heterocycles. The van der Waals surface area contributed by atoms with Gasteiger partial charge in [0.15, 0.2) is 0 Å². The molecule has 1 heterocycles. The molecule has 0 bridgehead atoms. The molecule has 2 aliphatic rings. The van der Waals surface area contributed by atoms with E-state index in [4.69, 9.17) is 0 Å². The number of nitrogens with zero attached hydrogens (tertiary/aromatic N) is 1. The summed E-state index contributed by atoms with van der Waals surface area (Å²) >= 11 is 0. The second-order valence-corrected chi connectivity index (χ2v) is 7.13. The van der Waals surface area contributed by atoms with E-state index >= 15 is 0 Å². The highest BCUT2D eigenvalue weighted by molar-refractivity contribution is 4.88. The summed E-state index contributed by atoms with van der Waals surface area (Å²) < 4.78 is 0. The van der Waals surface area contributed by atoms with Gasteiger partial charge in [-0.05, 0) is 57.0 Å². The summed E-state index contributed by atoms with van der Waals surface area (Å²) in [6, 6.07) is 1.67. The standard InChI is InChI=1S/C16H32N2/c1-4-12-18(15-8-11-17-13-15)14-6-5-9-16(2,3)10-7-14/h14-15,17H,4-13H2,1-3H3. The minimum absolute atomic E-state index is 0.584. The van der Waals surface area contributed by atoms with Crippen LogP contribution in [-0.2, 0) is 0 Å². The van der Waals surface area contributed by atoms with Crippen LogP contribution in [0.4, 0.5) is 0 Å². The van der Waals surface area contributed by atoms with E-state index in [9.17, 15) is 0 Å². The van der Waals surface area contributed by atoms with Gasteiger partial charge in [0.25, 0.3) is 0 Å². The molecule has 0 spiro atoms. The first-order valence-electron chi connectivity index (χ1n) is 8.09. The van der Waals surface area contributed by atoms with E-state index in [0.29, 0.717) is 5.41 Å². The predicted molar refractivity (Wildman–Crippen MR) is 78.9 cm³/mol. The van der Waals surface area contributed by atoms with E-state index in [1.165, 1.54) is 64.6 Å². The molecular weight excluding hydrogens is 220 g/mol. The topological polar surface area (TPSA) is 15.3 Å². The molecule has 106 valence electrons. The molecular formula is C16H32N2. The fourth-order valence-corrected chi connectivity index (χ4v) is 3.82. The lowest BCUT2D eigenvalue weighted by atomic mass is 9.85. The van der Waals surface area contributed by atoms with Crippen LogP contribution in [0.2, 0.25) is 0 Å². The molecule has 2 rings (SSSR count). The average Bonchev–Trinajstić information content (AvgIpc) is 2.78. The summed E-state index contributed by atoms with van der Waals surface area (Å²) in [6.45, 7) is 11.0. The first kappa shape index (κ1) is 14.3. The molecule has 0 aromatic rings. The van der Waals surface area contributed by atoms with Gasteiger partial charge >= 0.3 is 0 Å². The van der Waals surface area contributed by atoms with Crippen molar-refractivity contribution in [3.05, 3.63) is 0 Å². The van der Waals surface area contributed by atoms with Crippen LogP contribution in [0.25, 0.3) is 0 Å². The molecule has 2 nitrogen and oxygen atoms in total. The van der Waals surface area contributed by atoms with Gasteiger partial charge in [-0.25, -0.2) is 0 Å². The maximum atomic E-state index is 3.54. The molecule has 2 atom stereocenters. The normalized spacial score (nSPS) is 32.7. The third kappa shape index (κ3) is 3.71. The van der Waals surface area contributed by atoms with Crippen LogP contribution >= 0.6 is 0 Å². The lowest BCUT2D eigenvalue weighted by Gasteiger charge is -2.36. The van der Waals surface area contributed by atoms with Crippen LogP contribution in [0.15, 0.2) is 0 Å². The minimum atomic E-state index is 0.584. The maximum Gasteiger partial charge on any atom is 0.0235 e. The number of rotatable bonds is 4. The van der Waals surface area contributed by atoms with E-state index in [0.717, 1.165) is 12.1 Å². The molecule has 1 aliphatic carbocycles. The van der Waals surface area contributed by atoms with E-state index in [-0.39, 0.29) is 0 Å². The van der Waals surface area contributed by atoms with Gasteiger partial charge in [0.2, 0.25) is 0 Å².